The Morgan fingerprint density at radius 2 is 2.25 bits per heavy atom. The third kappa shape index (κ3) is 2.73. The van der Waals surface area contributed by atoms with Crippen LogP contribution in [0.25, 0.3) is 0 Å². The molecule has 0 aliphatic rings. The Labute approximate surface area is 121 Å². The van der Waals surface area contributed by atoms with E-state index in [9.17, 15) is 4.79 Å². The summed E-state index contributed by atoms with van der Waals surface area (Å²) >= 11 is 1.44. The van der Waals surface area contributed by atoms with Gasteiger partial charge in [-0.15, -0.1) is 5.10 Å². The standard InChI is InChI=1S/C13H18N4O2S/c1-8(14-2)11-9(19-4)6-5-7-10(11)20-13-16-15-12(18)17(13)3/h5-8,14H,1-4H3,(H,15,18). The highest BCUT2D eigenvalue weighted by Crippen LogP contribution is 2.37. The van der Waals surface area contributed by atoms with Crippen molar-refractivity contribution < 1.29 is 4.74 Å². The largest absolute Gasteiger partial charge is 0.496 e. The van der Waals surface area contributed by atoms with Gasteiger partial charge < -0.3 is 10.1 Å². The van der Waals surface area contributed by atoms with Gasteiger partial charge in [0.05, 0.1) is 7.11 Å². The third-order valence-electron chi connectivity index (χ3n) is 3.15. The van der Waals surface area contributed by atoms with E-state index >= 15 is 0 Å². The lowest BCUT2D eigenvalue weighted by Gasteiger charge is -2.18. The van der Waals surface area contributed by atoms with Crippen molar-refractivity contribution in [2.75, 3.05) is 14.2 Å². The Morgan fingerprint density at radius 1 is 1.50 bits per heavy atom. The molecule has 2 aromatic rings. The molecule has 0 aliphatic heterocycles. The zero-order valence-electron chi connectivity index (χ0n) is 11.9. The molecule has 2 rings (SSSR count). The molecule has 1 aromatic carbocycles. The van der Waals surface area contributed by atoms with Gasteiger partial charge in [0, 0.05) is 23.5 Å². The first-order valence-corrected chi connectivity index (χ1v) is 7.03. The summed E-state index contributed by atoms with van der Waals surface area (Å²) in [7, 11) is 5.24. The molecule has 0 spiro atoms. The zero-order chi connectivity index (χ0) is 14.7. The van der Waals surface area contributed by atoms with E-state index in [0.717, 1.165) is 16.2 Å². The normalized spacial score (nSPS) is 12.4. The zero-order valence-corrected chi connectivity index (χ0v) is 12.7. The molecule has 6 nitrogen and oxygen atoms in total. The van der Waals surface area contributed by atoms with E-state index in [-0.39, 0.29) is 11.7 Å². The third-order valence-corrected chi connectivity index (χ3v) is 4.28. The van der Waals surface area contributed by atoms with Crippen LogP contribution in [-0.4, -0.2) is 28.9 Å². The Kier molecular flexibility index (Phi) is 4.51. The average Bonchev–Trinajstić information content (AvgIpc) is 2.78. The number of methoxy groups -OCH3 is 1. The molecule has 0 aliphatic carbocycles. The van der Waals surface area contributed by atoms with Crippen LogP contribution in [0.2, 0.25) is 0 Å². The van der Waals surface area contributed by atoms with Gasteiger partial charge in [0.25, 0.3) is 0 Å². The van der Waals surface area contributed by atoms with E-state index in [4.69, 9.17) is 4.74 Å². The quantitative estimate of drug-likeness (QED) is 0.875. The van der Waals surface area contributed by atoms with E-state index in [0.29, 0.717) is 5.16 Å². The monoisotopic (exact) mass is 294 g/mol. The molecule has 1 aromatic heterocycles. The van der Waals surface area contributed by atoms with E-state index < -0.39 is 0 Å². The average molecular weight is 294 g/mol. The number of nitrogens with one attached hydrogen (secondary N) is 2. The molecule has 7 heteroatoms. The molecular weight excluding hydrogens is 276 g/mol. The van der Waals surface area contributed by atoms with Gasteiger partial charge in [-0.3, -0.25) is 4.57 Å². The first kappa shape index (κ1) is 14.7. The van der Waals surface area contributed by atoms with Gasteiger partial charge in [-0.2, -0.15) is 0 Å². The molecular formula is C13H18N4O2S. The van der Waals surface area contributed by atoms with Gasteiger partial charge >= 0.3 is 5.69 Å². The van der Waals surface area contributed by atoms with Crippen LogP contribution in [0.15, 0.2) is 33.0 Å². The van der Waals surface area contributed by atoms with E-state index in [2.05, 4.69) is 22.4 Å². The molecule has 0 fully saturated rings. The summed E-state index contributed by atoms with van der Waals surface area (Å²) in [6.07, 6.45) is 0. The molecule has 20 heavy (non-hydrogen) atoms. The molecule has 0 bridgehead atoms. The number of ether oxygens (including phenoxy) is 1. The van der Waals surface area contributed by atoms with Gasteiger partial charge in [0.1, 0.15) is 5.75 Å². The van der Waals surface area contributed by atoms with E-state index in [1.165, 1.54) is 16.3 Å². The fourth-order valence-corrected chi connectivity index (χ4v) is 2.93. The van der Waals surface area contributed by atoms with E-state index in [1.54, 1.807) is 14.2 Å². The molecule has 2 N–H and O–H groups in total. The van der Waals surface area contributed by atoms with Crippen LogP contribution < -0.4 is 15.7 Å². The van der Waals surface area contributed by atoms with Crippen molar-refractivity contribution in [3.05, 3.63) is 34.2 Å². The molecule has 108 valence electrons. The smallest absolute Gasteiger partial charge is 0.343 e. The molecule has 0 amide bonds. The molecule has 1 atom stereocenters. The Balaban J connectivity index is 2.45. The van der Waals surface area contributed by atoms with Crippen molar-refractivity contribution in [1.29, 1.82) is 0 Å². The summed E-state index contributed by atoms with van der Waals surface area (Å²) in [5, 5.41) is 10.3. The summed E-state index contributed by atoms with van der Waals surface area (Å²) in [5.74, 6) is 0.817. The van der Waals surface area contributed by atoms with Crippen LogP contribution in [0.3, 0.4) is 0 Å². The number of aromatic nitrogens is 3. The molecule has 0 saturated carbocycles. The Morgan fingerprint density at radius 3 is 2.80 bits per heavy atom. The summed E-state index contributed by atoms with van der Waals surface area (Å²) in [6, 6.07) is 5.98. The predicted molar refractivity (Wildman–Crippen MR) is 78.4 cm³/mol. The molecule has 1 heterocycles. The highest BCUT2D eigenvalue weighted by atomic mass is 32.2. The minimum Gasteiger partial charge on any atom is -0.496 e. The highest BCUT2D eigenvalue weighted by Gasteiger charge is 2.17. The van der Waals surface area contributed by atoms with E-state index in [1.807, 2.05) is 25.2 Å². The number of benzene rings is 1. The molecule has 0 radical (unpaired) electrons. The lowest BCUT2D eigenvalue weighted by atomic mass is 10.1. The van der Waals surface area contributed by atoms with Crippen molar-refractivity contribution in [1.82, 2.24) is 20.1 Å². The highest BCUT2D eigenvalue weighted by molar-refractivity contribution is 7.99. The van der Waals surface area contributed by atoms with Crippen LogP contribution in [0.1, 0.15) is 18.5 Å². The minimum atomic E-state index is -0.224. The first-order chi connectivity index (χ1) is 9.58. The second-order valence-corrected chi connectivity index (χ2v) is 5.36. The van der Waals surface area contributed by atoms with Crippen LogP contribution in [-0.2, 0) is 7.05 Å². The summed E-state index contributed by atoms with van der Waals surface area (Å²) in [6.45, 7) is 2.06. The van der Waals surface area contributed by atoms with Gasteiger partial charge in [0.2, 0.25) is 0 Å². The first-order valence-electron chi connectivity index (χ1n) is 6.22. The summed E-state index contributed by atoms with van der Waals surface area (Å²) in [5.41, 5.74) is 0.830. The number of hydrogen-bond donors (Lipinski definition) is 2. The fraction of sp³-hybridized carbons (Fsp3) is 0.385. The van der Waals surface area contributed by atoms with Crippen LogP contribution in [0, 0.1) is 0 Å². The maximum atomic E-state index is 11.4. The van der Waals surface area contributed by atoms with Crippen LogP contribution in [0.5, 0.6) is 5.75 Å². The van der Waals surface area contributed by atoms with Crippen molar-refractivity contribution in [2.24, 2.45) is 7.05 Å². The number of aromatic amines is 1. The maximum Gasteiger partial charge on any atom is 0.343 e. The minimum absolute atomic E-state index is 0.129. The van der Waals surface area contributed by atoms with Crippen molar-refractivity contribution >= 4 is 11.8 Å². The molecule has 1 unspecified atom stereocenters. The second kappa shape index (κ2) is 6.15. The fourth-order valence-electron chi connectivity index (χ4n) is 1.88. The topological polar surface area (TPSA) is 71.9 Å². The Hall–Kier alpha value is -1.73. The van der Waals surface area contributed by atoms with Crippen LogP contribution >= 0.6 is 11.8 Å². The number of H-pyrrole nitrogens is 1. The van der Waals surface area contributed by atoms with Crippen molar-refractivity contribution in [3.63, 3.8) is 0 Å². The maximum absolute atomic E-state index is 11.4. The van der Waals surface area contributed by atoms with Crippen molar-refractivity contribution in [2.45, 2.75) is 23.0 Å². The SMILES string of the molecule is CNC(C)c1c(OC)cccc1Sc1n[nH]c(=O)n1C. The summed E-state index contributed by atoms with van der Waals surface area (Å²) in [4.78, 5) is 12.4. The summed E-state index contributed by atoms with van der Waals surface area (Å²) < 4.78 is 6.92. The van der Waals surface area contributed by atoms with Gasteiger partial charge in [-0.1, -0.05) is 6.07 Å². The lowest BCUT2D eigenvalue weighted by molar-refractivity contribution is 0.401. The lowest BCUT2D eigenvalue weighted by Crippen LogP contribution is -2.15. The van der Waals surface area contributed by atoms with Gasteiger partial charge in [-0.25, -0.2) is 9.89 Å². The van der Waals surface area contributed by atoms with Gasteiger partial charge in [0.15, 0.2) is 5.16 Å². The Bertz CT molecular complexity index is 650. The second-order valence-electron chi connectivity index (χ2n) is 4.35. The van der Waals surface area contributed by atoms with Gasteiger partial charge in [-0.05, 0) is 37.9 Å². The number of hydrogen-bond acceptors (Lipinski definition) is 5. The number of rotatable bonds is 5. The number of nitrogens with zero attached hydrogens (tertiary/aromatic N) is 2. The molecule has 0 saturated heterocycles. The van der Waals surface area contributed by atoms with Crippen LogP contribution in [0.4, 0.5) is 0 Å². The van der Waals surface area contributed by atoms with Crippen molar-refractivity contribution in [3.8, 4) is 5.75 Å². The predicted octanol–water partition coefficient (Wildman–Crippen LogP) is 1.55.